The van der Waals surface area contributed by atoms with Gasteiger partial charge < -0.3 is 9.47 Å². The molecule has 0 saturated heterocycles. The molecule has 0 aromatic heterocycles. The van der Waals surface area contributed by atoms with Crippen LogP contribution in [0.15, 0.2) is 60.7 Å². The van der Waals surface area contributed by atoms with E-state index in [1.165, 1.54) is 30.3 Å². The van der Waals surface area contributed by atoms with Gasteiger partial charge in [0.1, 0.15) is 0 Å². The molecule has 0 N–H and O–H groups in total. The molecule has 2 aromatic rings. The molecule has 6 nitrogen and oxygen atoms in total. The molecular formula is C19H16F6O6S. The minimum absolute atomic E-state index is 0.222. The molecule has 0 aliphatic carbocycles. The fourth-order valence-electron chi connectivity index (χ4n) is 2.35. The SMILES string of the molecule is O=C(O[C@H](COCc1ccccc1)[C@@H](OS(=O)(=O)C(F)(F)F)C(F)(F)F)c1ccccc1. The third kappa shape index (κ3) is 7.21. The first kappa shape index (κ1) is 25.6. The standard InChI is InChI=1S/C19H16F6O6S/c20-18(21,22)16(31-32(27,28)19(23,24)25)15(12-29-11-13-7-3-1-4-8-13)30-17(26)14-9-5-2-6-10-14/h1-10,15-16H,11-12H2/t15-,16-/m1/s1. The normalized spacial score (nSPS) is 14.6. The summed E-state index contributed by atoms with van der Waals surface area (Å²) in [7, 11) is -6.67. The van der Waals surface area contributed by atoms with Crippen molar-refractivity contribution < 1.29 is 53.2 Å². The molecule has 2 rings (SSSR count). The first-order valence-corrected chi connectivity index (χ1v) is 10.2. The van der Waals surface area contributed by atoms with E-state index >= 15 is 0 Å². The molecular weight excluding hydrogens is 470 g/mol. The van der Waals surface area contributed by atoms with Crippen molar-refractivity contribution in [3.05, 3.63) is 71.8 Å². The predicted octanol–water partition coefficient (Wildman–Crippen LogP) is 4.23. The Bertz CT molecular complexity index is 977. The van der Waals surface area contributed by atoms with Crippen molar-refractivity contribution in [3.8, 4) is 0 Å². The lowest BCUT2D eigenvalue weighted by Gasteiger charge is -2.28. The minimum Gasteiger partial charge on any atom is -0.453 e. The summed E-state index contributed by atoms with van der Waals surface area (Å²) in [5.41, 5.74) is -5.86. The van der Waals surface area contributed by atoms with Gasteiger partial charge in [-0.2, -0.15) is 34.8 Å². The van der Waals surface area contributed by atoms with Gasteiger partial charge in [-0.05, 0) is 17.7 Å². The van der Waals surface area contributed by atoms with Crippen LogP contribution < -0.4 is 0 Å². The summed E-state index contributed by atoms with van der Waals surface area (Å²) in [6, 6.07) is 14.5. The van der Waals surface area contributed by atoms with E-state index in [1.54, 1.807) is 30.3 Å². The summed E-state index contributed by atoms with van der Waals surface area (Å²) in [6.07, 6.45) is -11.9. The summed E-state index contributed by atoms with van der Waals surface area (Å²) in [6.45, 7) is -1.40. The zero-order chi connectivity index (χ0) is 24.0. The van der Waals surface area contributed by atoms with Gasteiger partial charge in [-0.1, -0.05) is 48.5 Å². The molecule has 2 atom stereocenters. The van der Waals surface area contributed by atoms with Crippen LogP contribution in [0.25, 0.3) is 0 Å². The highest BCUT2D eigenvalue weighted by Gasteiger charge is 2.56. The molecule has 13 heteroatoms. The molecule has 32 heavy (non-hydrogen) atoms. The number of ether oxygens (including phenoxy) is 2. The average Bonchev–Trinajstić information content (AvgIpc) is 2.71. The van der Waals surface area contributed by atoms with Crippen molar-refractivity contribution >= 4 is 16.1 Å². The third-order valence-corrected chi connectivity index (χ3v) is 4.86. The first-order chi connectivity index (χ1) is 14.8. The Balaban J connectivity index is 2.30. The number of rotatable bonds is 9. The Morgan fingerprint density at radius 1 is 0.875 bits per heavy atom. The van der Waals surface area contributed by atoms with Crippen molar-refractivity contribution in [1.29, 1.82) is 0 Å². The lowest BCUT2D eigenvalue weighted by molar-refractivity contribution is -0.228. The van der Waals surface area contributed by atoms with Crippen LogP contribution in [0.1, 0.15) is 15.9 Å². The number of hydrogen-bond acceptors (Lipinski definition) is 6. The maximum Gasteiger partial charge on any atom is 0.523 e. The second-order valence-corrected chi connectivity index (χ2v) is 7.83. The highest BCUT2D eigenvalue weighted by molar-refractivity contribution is 7.87. The lowest BCUT2D eigenvalue weighted by Crippen LogP contribution is -2.49. The molecule has 0 saturated carbocycles. The molecule has 0 radical (unpaired) electrons. The fraction of sp³-hybridized carbons (Fsp3) is 0.316. The summed E-state index contributed by atoms with van der Waals surface area (Å²) in [4.78, 5) is 12.2. The highest BCUT2D eigenvalue weighted by Crippen LogP contribution is 2.34. The van der Waals surface area contributed by atoms with Crippen molar-refractivity contribution in [3.63, 3.8) is 0 Å². The number of carbonyl (C=O) groups excluding carboxylic acids is 1. The molecule has 0 spiro atoms. The van der Waals surface area contributed by atoms with Gasteiger partial charge in [-0.3, -0.25) is 0 Å². The quantitative estimate of drug-likeness (QED) is 0.229. The maximum atomic E-state index is 13.5. The Morgan fingerprint density at radius 2 is 1.41 bits per heavy atom. The van der Waals surface area contributed by atoms with E-state index in [0.29, 0.717) is 5.56 Å². The lowest BCUT2D eigenvalue weighted by atomic mass is 10.2. The van der Waals surface area contributed by atoms with Gasteiger partial charge in [0.2, 0.25) is 6.10 Å². The third-order valence-electron chi connectivity index (χ3n) is 3.84. The van der Waals surface area contributed by atoms with Crippen LogP contribution in [-0.2, 0) is 30.4 Å². The van der Waals surface area contributed by atoms with Crippen LogP contribution in [0, 0.1) is 0 Å². The number of esters is 1. The molecule has 0 aliphatic heterocycles. The number of halogens is 6. The van der Waals surface area contributed by atoms with Crippen LogP contribution in [-0.4, -0.2) is 44.9 Å². The second-order valence-electron chi connectivity index (χ2n) is 6.27. The van der Waals surface area contributed by atoms with E-state index in [4.69, 9.17) is 4.74 Å². The van der Waals surface area contributed by atoms with E-state index in [-0.39, 0.29) is 12.2 Å². The van der Waals surface area contributed by atoms with Crippen LogP contribution in [0.5, 0.6) is 0 Å². The number of benzene rings is 2. The Kier molecular flexibility index (Phi) is 8.26. The number of hydrogen-bond donors (Lipinski definition) is 0. The van der Waals surface area contributed by atoms with Gasteiger partial charge in [0.05, 0.1) is 18.8 Å². The predicted molar refractivity (Wildman–Crippen MR) is 97.6 cm³/mol. The summed E-state index contributed by atoms with van der Waals surface area (Å²) < 4.78 is 114. The second kappa shape index (κ2) is 10.3. The molecule has 0 bridgehead atoms. The van der Waals surface area contributed by atoms with Crippen molar-refractivity contribution in [2.45, 2.75) is 30.5 Å². The van der Waals surface area contributed by atoms with Crippen molar-refractivity contribution in [1.82, 2.24) is 0 Å². The molecule has 0 amide bonds. The maximum absolute atomic E-state index is 13.5. The Labute approximate surface area is 178 Å². The molecule has 0 fully saturated rings. The van der Waals surface area contributed by atoms with Crippen molar-refractivity contribution in [2.24, 2.45) is 0 Å². The monoisotopic (exact) mass is 486 g/mol. The van der Waals surface area contributed by atoms with Crippen LogP contribution in [0.4, 0.5) is 26.3 Å². The van der Waals surface area contributed by atoms with Crippen LogP contribution in [0.3, 0.4) is 0 Å². The zero-order valence-electron chi connectivity index (χ0n) is 16.0. The van der Waals surface area contributed by atoms with Gasteiger partial charge in [-0.15, -0.1) is 0 Å². The number of alkyl halides is 6. The fourth-order valence-corrected chi connectivity index (χ4v) is 2.96. The Morgan fingerprint density at radius 3 is 1.91 bits per heavy atom. The summed E-state index contributed by atoms with van der Waals surface area (Å²) in [5.74, 6) is -1.35. The summed E-state index contributed by atoms with van der Waals surface area (Å²) >= 11 is 0. The van der Waals surface area contributed by atoms with E-state index in [2.05, 4.69) is 8.92 Å². The van der Waals surface area contributed by atoms with E-state index < -0.39 is 46.6 Å². The molecule has 0 unspecified atom stereocenters. The summed E-state index contributed by atoms with van der Waals surface area (Å²) in [5, 5.41) is 0. The molecule has 0 heterocycles. The van der Waals surface area contributed by atoms with E-state index in [0.717, 1.165) is 0 Å². The first-order valence-electron chi connectivity index (χ1n) is 8.75. The smallest absolute Gasteiger partial charge is 0.453 e. The van der Waals surface area contributed by atoms with Gasteiger partial charge in [0.15, 0.2) is 6.10 Å². The van der Waals surface area contributed by atoms with Gasteiger partial charge in [-0.25, -0.2) is 8.98 Å². The van der Waals surface area contributed by atoms with Crippen LogP contribution in [0.2, 0.25) is 0 Å². The minimum atomic E-state index is -6.67. The number of carbonyl (C=O) groups is 1. The van der Waals surface area contributed by atoms with Gasteiger partial charge in [0.25, 0.3) is 0 Å². The molecule has 176 valence electrons. The van der Waals surface area contributed by atoms with Gasteiger partial charge in [0, 0.05) is 0 Å². The molecule has 2 aromatic carbocycles. The Hall–Kier alpha value is -2.64. The van der Waals surface area contributed by atoms with E-state index in [1.807, 2.05) is 0 Å². The molecule has 0 aliphatic rings. The largest absolute Gasteiger partial charge is 0.523 e. The van der Waals surface area contributed by atoms with Crippen molar-refractivity contribution in [2.75, 3.05) is 6.61 Å². The average molecular weight is 486 g/mol. The van der Waals surface area contributed by atoms with Crippen LogP contribution >= 0.6 is 0 Å². The van der Waals surface area contributed by atoms with E-state index in [9.17, 15) is 39.6 Å². The van der Waals surface area contributed by atoms with Gasteiger partial charge >= 0.3 is 27.8 Å². The highest BCUT2D eigenvalue weighted by atomic mass is 32.2. The zero-order valence-corrected chi connectivity index (χ0v) is 16.8. The topological polar surface area (TPSA) is 78.9 Å².